The summed E-state index contributed by atoms with van der Waals surface area (Å²) < 4.78 is 2.27. The van der Waals surface area contributed by atoms with Crippen molar-refractivity contribution in [3.8, 4) is 10.6 Å². The molecule has 2 aromatic heterocycles. The van der Waals surface area contributed by atoms with E-state index in [1.807, 2.05) is 11.4 Å². The van der Waals surface area contributed by atoms with Crippen molar-refractivity contribution in [1.29, 1.82) is 0 Å². The monoisotopic (exact) mass is 249 g/mol. The topological polar surface area (TPSA) is 45.4 Å². The Bertz CT molecular complexity index is 528. The van der Waals surface area contributed by atoms with E-state index in [0.29, 0.717) is 0 Å². The van der Waals surface area contributed by atoms with Crippen LogP contribution in [0.1, 0.15) is 23.2 Å². The zero-order chi connectivity index (χ0) is 11.8. The summed E-state index contributed by atoms with van der Waals surface area (Å²) in [7, 11) is 0. The molecule has 3 rings (SSSR count). The van der Waals surface area contributed by atoms with Gasteiger partial charge in [0.1, 0.15) is 0 Å². The molecule has 0 fully saturated rings. The number of aromatic nitrogens is 1. The molecule has 0 aromatic carbocycles. The van der Waals surface area contributed by atoms with Crippen LogP contribution in [0.5, 0.6) is 0 Å². The summed E-state index contributed by atoms with van der Waals surface area (Å²) in [5.74, 6) is 0. The van der Waals surface area contributed by atoms with Crippen molar-refractivity contribution in [1.82, 2.24) is 4.57 Å². The Morgan fingerprint density at radius 2 is 2.06 bits per heavy atom. The highest BCUT2D eigenvalue weighted by Crippen LogP contribution is 2.37. The Balaban J connectivity index is 2.26. The molecule has 0 atom stereocenters. The van der Waals surface area contributed by atoms with E-state index < -0.39 is 0 Å². The van der Waals surface area contributed by atoms with Crippen molar-refractivity contribution in [2.24, 2.45) is 0 Å². The van der Waals surface area contributed by atoms with Crippen LogP contribution in [0.25, 0.3) is 10.6 Å². The van der Waals surface area contributed by atoms with Gasteiger partial charge in [-0.2, -0.15) is 0 Å². The second-order valence-electron chi connectivity index (χ2n) is 4.30. The lowest BCUT2D eigenvalue weighted by Gasteiger charge is -2.06. The molecule has 3 heterocycles. The first-order valence-corrected chi connectivity index (χ1v) is 6.73. The van der Waals surface area contributed by atoms with Gasteiger partial charge in [-0.05, 0) is 24.3 Å². The number of hydrogen-bond donors (Lipinski definition) is 2. The first-order valence-electron chi connectivity index (χ1n) is 5.85. The average molecular weight is 249 g/mol. The van der Waals surface area contributed by atoms with E-state index >= 15 is 0 Å². The van der Waals surface area contributed by atoms with Gasteiger partial charge in [-0.25, -0.2) is 0 Å². The number of nitrogens with zero attached hydrogens (tertiary/aromatic N) is 1. The fourth-order valence-corrected chi connectivity index (χ4v) is 3.57. The molecular weight excluding hydrogens is 234 g/mol. The van der Waals surface area contributed by atoms with Crippen molar-refractivity contribution >= 4 is 11.3 Å². The van der Waals surface area contributed by atoms with Gasteiger partial charge in [0, 0.05) is 23.4 Å². The lowest BCUT2D eigenvalue weighted by Crippen LogP contribution is -1.96. The summed E-state index contributed by atoms with van der Waals surface area (Å²) in [5, 5.41) is 21.1. The molecule has 4 heteroatoms. The Morgan fingerprint density at radius 1 is 1.24 bits per heavy atom. The van der Waals surface area contributed by atoms with Gasteiger partial charge in [-0.3, -0.25) is 0 Å². The zero-order valence-electron chi connectivity index (χ0n) is 9.52. The second-order valence-corrected chi connectivity index (χ2v) is 5.25. The fraction of sp³-hybridized carbons (Fsp3) is 0.385. The van der Waals surface area contributed by atoms with Gasteiger partial charge in [0.25, 0.3) is 0 Å². The summed E-state index contributed by atoms with van der Waals surface area (Å²) in [5.41, 5.74) is 4.16. The van der Waals surface area contributed by atoms with Crippen LogP contribution in [-0.2, 0) is 26.2 Å². The summed E-state index contributed by atoms with van der Waals surface area (Å²) >= 11 is 1.68. The Hall–Kier alpha value is -1.10. The highest BCUT2D eigenvalue weighted by atomic mass is 32.1. The molecule has 0 spiro atoms. The molecule has 2 N–H and O–H groups in total. The van der Waals surface area contributed by atoms with Gasteiger partial charge >= 0.3 is 0 Å². The van der Waals surface area contributed by atoms with Crippen LogP contribution in [0.3, 0.4) is 0 Å². The SMILES string of the molecule is OCc1c(CO)c(-c2cccs2)n2c1CCC2. The lowest BCUT2D eigenvalue weighted by atomic mass is 10.1. The molecule has 17 heavy (non-hydrogen) atoms. The summed E-state index contributed by atoms with van der Waals surface area (Å²) in [6, 6.07) is 4.10. The van der Waals surface area contributed by atoms with Gasteiger partial charge in [0.15, 0.2) is 0 Å². The van der Waals surface area contributed by atoms with Crippen LogP contribution in [-0.4, -0.2) is 14.8 Å². The van der Waals surface area contributed by atoms with E-state index in [0.717, 1.165) is 36.2 Å². The number of hydrogen-bond acceptors (Lipinski definition) is 3. The highest BCUT2D eigenvalue weighted by molar-refractivity contribution is 7.13. The van der Waals surface area contributed by atoms with Crippen LogP contribution in [0.15, 0.2) is 17.5 Å². The van der Waals surface area contributed by atoms with E-state index in [1.54, 1.807) is 11.3 Å². The highest BCUT2D eigenvalue weighted by Gasteiger charge is 2.25. The van der Waals surface area contributed by atoms with Crippen molar-refractivity contribution < 1.29 is 10.2 Å². The van der Waals surface area contributed by atoms with Crippen LogP contribution in [0, 0.1) is 0 Å². The number of rotatable bonds is 3. The third kappa shape index (κ3) is 1.56. The first-order chi connectivity index (χ1) is 8.36. The predicted octanol–water partition coefficient (Wildman–Crippen LogP) is 2.15. The van der Waals surface area contributed by atoms with Crippen LogP contribution in [0.2, 0.25) is 0 Å². The summed E-state index contributed by atoms with van der Waals surface area (Å²) in [6.45, 7) is 1.02. The van der Waals surface area contributed by atoms with Crippen LogP contribution >= 0.6 is 11.3 Å². The quantitative estimate of drug-likeness (QED) is 0.875. The molecule has 0 aliphatic carbocycles. The maximum atomic E-state index is 9.57. The minimum absolute atomic E-state index is 0.00310. The Kier molecular flexibility index (Phi) is 2.78. The van der Waals surface area contributed by atoms with E-state index in [9.17, 15) is 10.2 Å². The zero-order valence-corrected chi connectivity index (χ0v) is 10.3. The number of aliphatic hydroxyl groups is 2. The minimum Gasteiger partial charge on any atom is -0.392 e. The molecule has 1 aliphatic rings. The molecule has 90 valence electrons. The molecule has 3 nitrogen and oxygen atoms in total. The molecule has 0 saturated carbocycles. The first kappa shape index (κ1) is 11.0. The molecule has 0 radical (unpaired) electrons. The Morgan fingerprint density at radius 3 is 2.71 bits per heavy atom. The van der Waals surface area contributed by atoms with Crippen LogP contribution < -0.4 is 0 Å². The van der Waals surface area contributed by atoms with Crippen molar-refractivity contribution in [3.63, 3.8) is 0 Å². The predicted molar refractivity (Wildman–Crippen MR) is 67.9 cm³/mol. The largest absolute Gasteiger partial charge is 0.392 e. The third-order valence-electron chi connectivity index (χ3n) is 3.46. The van der Waals surface area contributed by atoms with E-state index in [1.165, 1.54) is 10.6 Å². The Labute approximate surface area is 104 Å². The van der Waals surface area contributed by atoms with E-state index in [-0.39, 0.29) is 13.2 Å². The minimum atomic E-state index is 0.00310. The maximum Gasteiger partial charge on any atom is 0.0706 e. The van der Waals surface area contributed by atoms with Crippen molar-refractivity contribution in [3.05, 3.63) is 34.3 Å². The molecule has 0 amide bonds. The molecular formula is C13H15NO2S. The average Bonchev–Trinajstić information content (AvgIpc) is 3.03. The molecule has 0 unspecified atom stereocenters. The van der Waals surface area contributed by atoms with Gasteiger partial charge in [0.05, 0.1) is 23.8 Å². The number of thiophene rings is 1. The number of fused-ring (bicyclic) bond motifs is 1. The molecule has 2 aromatic rings. The maximum absolute atomic E-state index is 9.57. The molecule has 1 aliphatic heterocycles. The molecule has 0 saturated heterocycles. The third-order valence-corrected chi connectivity index (χ3v) is 4.34. The van der Waals surface area contributed by atoms with Gasteiger partial charge < -0.3 is 14.8 Å². The van der Waals surface area contributed by atoms with Gasteiger partial charge in [0.2, 0.25) is 0 Å². The normalized spacial score (nSPS) is 14.2. The van der Waals surface area contributed by atoms with Crippen molar-refractivity contribution in [2.45, 2.75) is 32.6 Å². The summed E-state index contributed by atoms with van der Waals surface area (Å²) in [6.07, 6.45) is 2.14. The fourth-order valence-electron chi connectivity index (χ4n) is 2.77. The summed E-state index contributed by atoms with van der Waals surface area (Å²) in [4.78, 5) is 1.18. The number of aliphatic hydroxyl groups excluding tert-OH is 2. The van der Waals surface area contributed by atoms with Crippen LogP contribution in [0.4, 0.5) is 0 Å². The van der Waals surface area contributed by atoms with Crippen molar-refractivity contribution in [2.75, 3.05) is 0 Å². The van der Waals surface area contributed by atoms with Gasteiger partial charge in [-0.15, -0.1) is 11.3 Å². The smallest absolute Gasteiger partial charge is 0.0706 e. The van der Waals surface area contributed by atoms with E-state index in [2.05, 4.69) is 10.6 Å². The molecule has 0 bridgehead atoms. The second kappa shape index (κ2) is 4.29. The van der Waals surface area contributed by atoms with E-state index in [4.69, 9.17) is 0 Å². The lowest BCUT2D eigenvalue weighted by molar-refractivity contribution is 0.260. The van der Waals surface area contributed by atoms with Gasteiger partial charge in [-0.1, -0.05) is 6.07 Å². The standard InChI is InChI=1S/C13H15NO2S/c15-7-9-10(8-16)13(12-4-2-6-17-12)14-5-1-3-11(9)14/h2,4,6,15-16H,1,3,5,7-8H2.